The van der Waals surface area contributed by atoms with Gasteiger partial charge in [0.1, 0.15) is 10.7 Å². The Kier molecular flexibility index (Phi) is 4.35. The van der Waals surface area contributed by atoms with Crippen LogP contribution >= 0.6 is 0 Å². The summed E-state index contributed by atoms with van der Waals surface area (Å²) in [6, 6.07) is 0.816. The molecule has 0 atom stereocenters. The zero-order chi connectivity index (χ0) is 14.8. The van der Waals surface area contributed by atoms with Gasteiger partial charge < -0.3 is 11.1 Å². The van der Waals surface area contributed by atoms with Crippen molar-refractivity contribution in [3.05, 3.63) is 23.5 Å². The maximum atomic E-state index is 13.6. The molecule has 6 nitrogen and oxygen atoms in total. The Bertz CT molecular complexity index is 599. The molecule has 2 amide bonds. The smallest absolute Gasteiger partial charge is 0.328 e. The third-order valence-corrected chi connectivity index (χ3v) is 3.60. The van der Waals surface area contributed by atoms with Crippen molar-refractivity contribution in [2.75, 3.05) is 5.73 Å². The van der Waals surface area contributed by atoms with Gasteiger partial charge in [0.25, 0.3) is 10.0 Å². The predicted molar refractivity (Wildman–Crippen MR) is 69.5 cm³/mol. The van der Waals surface area contributed by atoms with Crippen molar-refractivity contribution in [2.24, 2.45) is 0 Å². The maximum Gasteiger partial charge on any atom is 0.328 e. The first-order valence-electron chi connectivity index (χ1n) is 5.52. The lowest BCUT2D eigenvalue weighted by atomic mass is 10.2. The molecule has 0 saturated heterocycles. The topological polar surface area (TPSA) is 101 Å². The Hall–Kier alpha value is -1.83. The van der Waals surface area contributed by atoms with Gasteiger partial charge in [0.05, 0.1) is 0 Å². The summed E-state index contributed by atoms with van der Waals surface area (Å²) in [7, 11) is -4.29. The van der Waals surface area contributed by atoms with Crippen molar-refractivity contribution in [1.29, 1.82) is 0 Å². The van der Waals surface area contributed by atoms with Gasteiger partial charge in [-0.1, -0.05) is 0 Å². The average molecular weight is 289 g/mol. The molecular formula is C11H16FN3O3S. The van der Waals surface area contributed by atoms with Gasteiger partial charge in [0.15, 0.2) is 0 Å². The second-order valence-electron chi connectivity index (χ2n) is 4.37. The van der Waals surface area contributed by atoms with E-state index in [1.54, 1.807) is 25.5 Å². The number of anilines is 1. The van der Waals surface area contributed by atoms with E-state index in [4.69, 9.17) is 5.73 Å². The molecule has 106 valence electrons. The van der Waals surface area contributed by atoms with Crippen LogP contribution in [0.3, 0.4) is 0 Å². The summed E-state index contributed by atoms with van der Waals surface area (Å²) in [6.07, 6.45) is 0. The summed E-state index contributed by atoms with van der Waals surface area (Å²) >= 11 is 0. The fraction of sp³-hybridized carbons (Fsp3) is 0.364. The van der Waals surface area contributed by atoms with Gasteiger partial charge >= 0.3 is 6.03 Å². The van der Waals surface area contributed by atoms with Crippen LogP contribution < -0.4 is 15.8 Å². The van der Waals surface area contributed by atoms with Crippen molar-refractivity contribution < 1.29 is 17.6 Å². The highest BCUT2D eigenvalue weighted by molar-refractivity contribution is 7.90. The Morgan fingerprint density at radius 1 is 1.37 bits per heavy atom. The van der Waals surface area contributed by atoms with Gasteiger partial charge in [-0.05, 0) is 38.5 Å². The molecule has 0 aliphatic heterocycles. The van der Waals surface area contributed by atoms with E-state index in [-0.39, 0.29) is 11.7 Å². The molecule has 0 radical (unpaired) electrons. The molecule has 8 heteroatoms. The zero-order valence-electron chi connectivity index (χ0n) is 10.8. The number of rotatable bonds is 3. The van der Waals surface area contributed by atoms with Gasteiger partial charge in [0, 0.05) is 11.7 Å². The van der Waals surface area contributed by atoms with Gasteiger partial charge in [-0.15, -0.1) is 0 Å². The monoisotopic (exact) mass is 289 g/mol. The number of hydrogen-bond acceptors (Lipinski definition) is 4. The fourth-order valence-corrected chi connectivity index (χ4v) is 2.35. The highest BCUT2D eigenvalue weighted by Crippen LogP contribution is 2.21. The van der Waals surface area contributed by atoms with E-state index in [0.717, 1.165) is 12.1 Å². The van der Waals surface area contributed by atoms with Crippen molar-refractivity contribution in [3.8, 4) is 0 Å². The lowest BCUT2D eigenvalue weighted by Crippen LogP contribution is -2.42. The molecular weight excluding hydrogens is 273 g/mol. The first-order valence-corrected chi connectivity index (χ1v) is 7.00. The summed E-state index contributed by atoms with van der Waals surface area (Å²) in [5.41, 5.74) is 6.09. The number of sulfonamides is 1. The normalized spacial score (nSPS) is 11.4. The number of carbonyl (C=O) groups is 1. The van der Waals surface area contributed by atoms with E-state index < -0.39 is 26.8 Å². The van der Waals surface area contributed by atoms with E-state index in [1.165, 1.54) is 0 Å². The van der Waals surface area contributed by atoms with E-state index >= 15 is 0 Å². The van der Waals surface area contributed by atoms with Gasteiger partial charge in [-0.3, -0.25) is 0 Å². The number of amides is 2. The number of halogens is 1. The fourth-order valence-electron chi connectivity index (χ4n) is 1.34. The average Bonchev–Trinajstić information content (AvgIpc) is 2.20. The molecule has 0 aromatic heterocycles. The molecule has 19 heavy (non-hydrogen) atoms. The summed E-state index contributed by atoms with van der Waals surface area (Å²) in [6.45, 7) is 4.88. The molecule has 0 bridgehead atoms. The van der Waals surface area contributed by atoms with Gasteiger partial charge in [0.2, 0.25) is 0 Å². The highest BCUT2D eigenvalue weighted by atomic mass is 32.2. The van der Waals surface area contributed by atoms with Crippen molar-refractivity contribution in [2.45, 2.75) is 31.7 Å². The highest BCUT2D eigenvalue weighted by Gasteiger charge is 2.23. The van der Waals surface area contributed by atoms with E-state index in [9.17, 15) is 17.6 Å². The molecule has 1 aromatic rings. The first-order chi connectivity index (χ1) is 8.63. The molecule has 0 aliphatic carbocycles. The first kappa shape index (κ1) is 15.2. The Morgan fingerprint density at radius 2 is 1.95 bits per heavy atom. The van der Waals surface area contributed by atoms with Gasteiger partial charge in [-0.25, -0.2) is 22.3 Å². The molecule has 1 rings (SSSR count). The lowest BCUT2D eigenvalue weighted by molar-refractivity contribution is 0.243. The van der Waals surface area contributed by atoms with Crippen molar-refractivity contribution in [1.82, 2.24) is 10.0 Å². The minimum atomic E-state index is -4.29. The second kappa shape index (κ2) is 5.43. The summed E-state index contributed by atoms with van der Waals surface area (Å²) in [4.78, 5) is 10.7. The van der Waals surface area contributed by atoms with Crippen LogP contribution in [0, 0.1) is 12.7 Å². The van der Waals surface area contributed by atoms with Gasteiger partial charge in [-0.2, -0.15) is 0 Å². The molecule has 4 N–H and O–H groups in total. The van der Waals surface area contributed by atoms with E-state index in [1.807, 2.05) is 0 Å². The molecule has 0 aliphatic rings. The molecule has 0 heterocycles. The van der Waals surface area contributed by atoms with Crippen LogP contribution in [0.1, 0.15) is 19.4 Å². The molecule has 0 unspecified atom stereocenters. The number of nitrogens with two attached hydrogens (primary N) is 1. The zero-order valence-corrected chi connectivity index (χ0v) is 11.6. The van der Waals surface area contributed by atoms with Crippen LogP contribution in [0.25, 0.3) is 0 Å². The van der Waals surface area contributed by atoms with E-state index in [2.05, 4.69) is 5.32 Å². The minimum Gasteiger partial charge on any atom is -0.398 e. The summed E-state index contributed by atoms with van der Waals surface area (Å²) < 4.78 is 39.0. The van der Waals surface area contributed by atoms with Crippen LogP contribution in [0.2, 0.25) is 0 Å². The van der Waals surface area contributed by atoms with Crippen LogP contribution in [-0.4, -0.2) is 20.5 Å². The third kappa shape index (κ3) is 3.82. The van der Waals surface area contributed by atoms with Crippen LogP contribution in [0.5, 0.6) is 0 Å². The van der Waals surface area contributed by atoms with Crippen LogP contribution in [-0.2, 0) is 10.0 Å². The van der Waals surface area contributed by atoms with Crippen molar-refractivity contribution >= 4 is 21.7 Å². The Labute approximate surface area is 111 Å². The van der Waals surface area contributed by atoms with E-state index in [0.29, 0.717) is 5.56 Å². The molecule has 1 aromatic carbocycles. The molecule has 0 spiro atoms. The number of nitrogen functional groups attached to an aromatic ring is 1. The largest absolute Gasteiger partial charge is 0.398 e. The standard InChI is InChI=1S/C11H16FN3O3S/c1-6(2)14-11(16)15-19(17,18)10-5-9(13)7(3)4-8(10)12/h4-6H,13H2,1-3H3,(H2,14,15,16). The predicted octanol–water partition coefficient (Wildman–Crippen LogP) is 1.11. The minimum absolute atomic E-state index is 0.131. The molecule has 0 saturated carbocycles. The van der Waals surface area contributed by atoms with Crippen LogP contribution in [0.4, 0.5) is 14.9 Å². The number of aryl methyl sites for hydroxylation is 1. The Morgan fingerprint density at radius 3 is 2.47 bits per heavy atom. The Balaban J connectivity index is 3.08. The molecule has 0 fully saturated rings. The quantitative estimate of drug-likeness (QED) is 0.725. The van der Waals surface area contributed by atoms with Crippen LogP contribution in [0.15, 0.2) is 17.0 Å². The number of benzene rings is 1. The van der Waals surface area contributed by atoms with Crippen molar-refractivity contribution in [3.63, 3.8) is 0 Å². The number of nitrogens with one attached hydrogen (secondary N) is 2. The second-order valence-corrected chi connectivity index (χ2v) is 6.02. The summed E-state index contributed by atoms with van der Waals surface area (Å²) in [5, 5.41) is 2.33. The lowest BCUT2D eigenvalue weighted by Gasteiger charge is -2.12. The SMILES string of the molecule is Cc1cc(F)c(S(=O)(=O)NC(=O)NC(C)C)cc1N. The maximum absolute atomic E-state index is 13.6. The number of carbonyl (C=O) groups excluding carboxylic acids is 1. The number of hydrogen-bond donors (Lipinski definition) is 3. The third-order valence-electron chi connectivity index (χ3n) is 2.26. The summed E-state index contributed by atoms with van der Waals surface area (Å²) in [5.74, 6) is -0.962. The number of urea groups is 1.